The van der Waals surface area contributed by atoms with Crippen molar-refractivity contribution in [3.63, 3.8) is 0 Å². The summed E-state index contributed by atoms with van der Waals surface area (Å²) >= 11 is 6.98. The number of hydrogen-bond acceptors (Lipinski definition) is 1. The molecule has 1 aliphatic rings. The molecule has 1 saturated carbocycles. The van der Waals surface area contributed by atoms with Crippen LogP contribution in [0.15, 0.2) is 27.1 Å². The fourth-order valence-electron chi connectivity index (χ4n) is 1.48. The Balaban J connectivity index is 2.31. The molecule has 0 aliphatic heterocycles. The molecule has 0 aromatic heterocycles. The largest absolute Gasteiger partial charge is 0.324 e. The Labute approximate surface area is 95.0 Å². The van der Waals surface area contributed by atoms with Crippen LogP contribution in [0.1, 0.15) is 24.4 Å². The Morgan fingerprint density at radius 1 is 1.31 bits per heavy atom. The molecule has 1 atom stereocenters. The lowest BCUT2D eigenvalue weighted by Crippen LogP contribution is -2.12. The van der Waals surface area contributed by atoms with Gasteiger partial charge < -0.3 is 5.73 Å². The molecular formula is C10H11Br2N. The number of hydrogen-bond donors (Lipinski definition) is 1. The van der Waals surface area contributed by atoms with Gasteiger partial charge in [0.25, 0.3) is 0 Å². The summed E-state index contributed by atoms with van der Waals surface area (Å²) in [5, 5.41) is 0. The summed E-state index contributed by atoms with van der Waals surface area (Å²) < 4.78 is 2.22. The summed E-state index contributed by atoms with van der Waals surface area (Å²) in [4.78, 5) is 0. The van der Waals surface area contributed by atoms with Gasteiger partial charge in [0.2, 0.25) is 0 Å². The lowest BCUT2D eigenvalue weighted by Gasteiger charge is -2.12. The molecule has 70 valence electrons. The fourth-order valence-corrected chi connectivity index (χ4v) is 2.37. The number of rotatable bonds is 2. The third kappa shape index (κ3) is 2.14. The van der Waals surface area contributed by atoms with E-state index < -0.39 is 0 Å². The Bertz CT molecular complexity index is 321. The van der Waals surface area contributed by atoms with Crippen LogP contribution in [0.2, 0.25) is 0 Å². The first-order chi connectivity index (χ1) is 6.18. The fraction of sp³-hybridized carbons (Fsp3) is 0.400. The van der Waals surface area contributed by atoms with Crippen molar-refractivity contribution in [2.75, 3.05) is 0 Å². The maximum absolute atomic E-state index is 6.12. The molecule has 1 nitrogen and oxygen atoms in total. The molecule has 1 aliphatic carbocycles. The van der Waals surface area contributed by atoms with Gasteiger partial charge in [0.05, 0.1) is 0 Å². The van der Waals surface area contributed by atoms with Gasteiger partial charge in [-0.1, -0.05) is 31.9 Å². The van der Waals surface area contributed by atoms with Crippen LogP contribution in [0.5, 0.6) is 0 Å². The van der Waals surface area contributed by atoms with Crippen molar-refractivity contribution < 1.29 is 0 Å². The molecule has 0 unspecified atom stereocenters. The number of halogens is 2. The third-order valence-corrected chi connectivity index (χ3v) is 3.66. The molecular weight excluding hydrogens is 294 g/mol. The van der Waals surface area contributed by atoms with Crippen LogP contribution in [0, 0.1) is 5.92 Å². The topological polar surface area (TPSA) is 26.0 Å². The van der Waals surface area contributed by atoms with Crippen LogP contribution in [-0.2, 0) is 0 Å². The molecule has 1 aromatic carbocycles. The molecule has 2 N–H and O–H groups in total. The van der Waals surface area contributed by atoms with Crippen molar-refractivity contribution >= 4 is 31.9 Å². The van der Waals surface area contributed by atoms with Gasteiger partial charge in [-0.2, -0.15) is 0 Å². The number of nitrogens with two attached hydrogens (primary N) is 1. The average molecular weight is 305 g/mol. The van der Waals surface area contributed by atoms with E-state index in [1.54, 1.807) is 0 Å². The maximum Gasteiger partial charge on any atom is 0.0335 e. The Morgan fingerprint density at radius 2 is 2.00 bits per heavy atom. The highest BCUT2D eigenvalue weighted by molar-refractivity contribution is 9.11. The molecule has 0 heterocycles. The van der Waals surface area contributed by atoms with Gasteiger partial charge in [0.15, 0.2) is 0 Å². The first-order valence-electron chi connectivity index (χ1n) is 4.39. The second kappa shape index (κ2) is 3.71. The number of benzene rings is 1. The standard InChI is InChI=1S/C10H11Br2N/c11-7-3-4-9(12)8(5-7)10(13)6-1-2-6/h3-6,10H,1-2,13H2/t10-/m1/s1. The molecule has 1 aromatic rings. The molecule has 0 radical (unpaired) electrons. The first kappa shape index (κ1) is 9.69. The van der Waals surface area contributed by atoms with Crippen LogP contribution in [0.3, 0.4) is 0 Å². The lowest BCUT2D eigenvalue weighted by molar-refractivity contribution is 0.630. The van der Waals surface area contributed by atoms with Crippen LogP contribution >= 0.6 is 31.9 Å². The summed E-state index contributed by atoms with van der Waals surface area (Å²) in [5.41, 5.74) is 7.34. The van der Waals surface area contributed by atoms with Crippen LogP contribution in [-0.4, -0.2) is 0 Å². The smallest absolute Gasteiger partial charge is 0.0335 e. The molecule has 3 heteroatoms. The van der Waals surface area contributed by atoms with Crippen molar-refractivity contribution in [3.05, 3.63) is 32.7 Å². The monoisotopic (exact) mass is 303 g/mol. The normalized spacial score (nSPS) is 18.7. The molecule has 0 bridgehead atoms. The Morgan fingerprint density at radius 3 is 2.62 bits per heavy atom. The summed E-state index contributed by atoms with van der Waals surface area (Å²) in [7, 11) is 0. The zero-order chi connectivity index (χ0) is 9.42. The highest BCUT2D eigenvalue weighted by atomic mass is 79.9. The van der Waals surface area contributed by atoms with Crippen molar-refractivity contribution in [1.82, 2.24) is 0 Å². The first-order valence-corrected chi connectivity index (χ1v) is 5.97. The highest BCUT2D eigenvalue weighted by Crippen LogP contribution is 2.41. The molecule has 2 rings (SSSR count). The van der Waals surface area contributed by atoms with E-state index in [9.17, 15) is 0 Å². The molecule has 0 spiro atoms. The van der Waals surface area contributed by atoms with Crippen LogP contribution in [0.4, 0.5) is 0 Å². The SMILES string of the molecule is N[C@@H](c1cc(Br)ccc1Br)C1CC1. The zero-order valence-electron chi connectivity index (χ0n) is 7.13. The van der Waals surface area contributed by atoms with Gasteiger partial charge in [-0.15, -0.1) is 0 Å². The molecule has 0 saturated heterocycles. The predicted molar refractivity (Wildman–Crippen MR) is 61.5 cm³/mol. The van der Waals surface area contributed by atoms with E-state index in [2.05, 4.69) is 37.9 Å². The van der Waals surface area contributed by atoms with Crippen molar-refractivity contribution in [3.8, 4) is 0 Å². The van der Waals surface area contributed by atoms with E-state index in [0.717, 1.165) is 8.95 Å². The minimum atomic E-state index is 0.201. The van der Waals surface area contributed by atoms with E-state index in [4.69, 9.17) is 5.73 Å². The van der Waals surface area contributed by atoms with E-state index in [-0.39, 0.29) is 6.04 Å². The molecule has 1 fully saturated rings. The van der Waals surface area contributed by atoms with E-state index >= 15 is 0 Å². The van der Waals surface area contributed by atoms with Crippen molar-refractivity contribution in [2.24, 2.45) is 11.7 Å². The Hall–Kier alpha value is 0.140. The van der Waals surface area contributed by atoms with Gasteiger partial charge >= 0.3 is 0 Å². The summed E-state index contributed by atoms with van der Waals surface area (Å²) in [5.74, 6) is 0.700. The quantitative estimate of drug-likeness (QED) is 0.887. The molecule has 0 amide bonds. The summed E-state index contributed by atoms with van der Waals surface area (Å²) in [6.07, 6.45) is 2.56. The van der Waals surface area contributed by atoms with E-state index in [0.29, 0.717) is 5.92 Å². The van der Waals surface area contributed by atoms with Crippen molar-refractivity contribution in [1.29, 1.82) is 0 Å². The van der Waals surface area contributed by atoms with Crippen LogP contribution < -0.4 is 5.73 Å². The molecule has 13 heavy (non-hydrogen) atoms. The van der Waals surface area contributed by atoms with Gasteiger partial charge in [-0.25, -0.2) is 0 Å². The van der Waals surface area contributed by atoms with Crippen molar-refractivity contribution in [2.45, 2.75) is 18.9 Å². The minimum Gasteiger partial charge on any atom is -0.324 e. The summed E-state index contributed by atoms with van der Waals surface area (Å²) in [6, 6.07) is 6.37. The highest BCUT2D eigenvalue weighted by Gasteiger charge is 2.30. The van der Waals surface area contributed by atoms with Gasteiger partial charge in [-0.3, -0.25) is 0 Å². The minimum absolute atomic E-state index is 0.201. The van der Waals surface area contributed by atoms with Gasteiger partial charge in [0.1, 0.15) is 0 Å². The van der Waals surface area contributed by atoms with Gasteiger partial charge in [0, 0.05) is 15.0 Å². The maximum atomic E-state index is 6.12. The second-order valence-electron chi connectivity index (χ2n) is 3.53. The second-order valence-corrected chi connectivity index (χ2v) is 5.30. The Kier molecular flexibility index (Phi) is 2.77. The zero-order valence-corrected chi connectivity index (χ0v) is 10.3. The third-order valence-electron chi connectivity index (χ3n) is 2.45. The van der Waals surface area contributed by atoms with E-state index in [1.165, 1.54) is 18.4 Å². The van der Waals surface area contributed by atoms with Crippen LogP contribution in [0.25, 0.3) is 0 Å². The average Bonchev–Trinajstić information content (AvgIpc) is 2.91. The lowest BCUT2D eigenvalue weighted by atomic mass is 10.0. The summed E-state index contributed by atoms with van der Waals surface area (Å²) in [6.45, 7) is 0. The van der Waals surface area contributed by atoms with E-state index in [1.807, 2.05) is 12.1 Å². The van der Waals surface area contributed by atoms with Gasteiger partial charge in [-0.05, 0) is 42.5 Å². The predicted octanol–water partition coefficient (Wildman–Crippen LogP) is 3.62.